The molecule has 0 bridgehead atoms. The van der Waals surface area contributed by atoms with Crippen LogP contribution < -0.4 is 10.1 Å². The van der Waals surface area contributed by atoms with Gasteiger partial charge in [0.15, 0.2) is 5.65 Å². The standard InChI is InChI=1S/C20H23N5O3/c1-3-28-16-8-6-15(7-9-16)25-12(2)22-17-11-21-20(24-18(17)25)23-14-5-4-13(10-14)19(26)27/h6-9,11,13-14H,3-5,10H2,1-2H3,(H,26,27)(H,21,23,24)/t13-,14-/m1/s1. The molecule has 28 heavy (non-hydrogen) atoms. The van der Waals surface area contributed by atoms with Crippen molar-refractivity contribution in [2.24, 2.45) is 5.92 Å². The summed E-state index contributed by atoms with van der Waals surface area (Å²) in [6.07, 6.45) is 3.77. The second-order valence-corrected chi connectivity index (χ2v) is 7.01. The number of carboxylic acids is 1. The topological polar surface area (TPSA) is 102 Å². The molecule has 2 N–H and O–H groups in total. The van der Waals surface area contributed by atoms with E-state index < -0.39 is 5.97 Å². The summed E-state index contributed by atoms with van der Waals surface area (Å²) in [6, 6.07) is 7.87. The van der Waals surface area contributed by atoms with Crippen LogP contribution in [-0.4, -0.2) is 43.2 Å². The molecule has 1 fully saturated rings. The summed E-state index contributed by atoms with van der Waals surface area (Å²) in [4.78, 5) is 24.7. The number of imidazole rings is 1. The van der Waals surface area contributed by atoms with E-state index in [0.717, 1.165) is 23.7 Å². The van der Waals surface area contributed by atoms with Gasteiger partial charge in [-0.3, -0.25) is 9.36 Å². The Balaban J connectivity index is 1.62. The van der Waals surface area contributed by atoms with Crippen LogP contribution >= 0.6 is 0 Å². The fourth-order valence-electron chi connectivity index (χ4n) is 3.74. The van der Waals surface area contributed by atoms with Crippen molar-refractivity contribution in [2.75, 3.05) is 11.9 Å². The highest BCUT2D eigenvalue weighted by molar-refractivity contribution is 5.74. The van der Waals surface area contributed by atoms with E-state index in [9.17, 15) is 9.90 Å². The third-order valence-corrected chi connectivity index (χ3v) is 5.09. The number of aromatic nitrogens is 4. The van der Waals surface area contributed by atoms with Crippen LogP contribution in [0.3, 0.4) is 0 Å². The molecule has 4 rings (SSSR count). The molecule has 2 atom stereocenters. The largest absolute Gasteiger partial charge is 0.494 e. The third-order valence-electron chi connectivity index (χ3n) is 5.09. The highest BCUT2D eigenvalue weighted by atomic mass is 16.5. The van der Waals surface area contributed by atoms with Gasteiger partial charge in [0.25, 0.3) is 0 Å². The van der Waals surface area contributed by atoms with Crippen molar-refractivity contribution in [3.05, 3.63) is 36.3 Å². The number of fused-ring (bicyclic) bond motifs is 1. The maximum absolute atomic E-state index is 11.2. The first-order valence-electron chi connectivity index (χ1n) is 9.50. The lowest BCUT2D eigenvalue weighted by Gasteiger charge is -2.13. The van der Waals surface area contributed by atoms with Crippen molar-refractivity contribution in [2.45, 2.75) is 39.2 Å². The van der Waals surface area contributed by atoms with Gasteiger partial charge in [0.1, 0.15) is 17.1 Å². The summed E-state index contributed by atoms with van der Waals surface area (Å²) in [6.45, 7) is 4.51. The van der Waals surface area contributed by atoms with Crippen LogP contribution in [0.25, 0.3) is 16.9 Å². The van der Waals surface area contributed by atoms with Crippen LogP contribution in [0, 0.1) is 12.8 Å². The van der Waals surface area contributed by atoms with Gasteiger partial charge in [-0.1, -0.05) is 0 Å². The minimum Gasteiger partial charge on any atom is -0.494 e. The van der Waals surface area contributed by atoms with Gasteiger partial charge in [0, 0.05) is 11.7 Å². The number of nitrogens with zero attached hydrogens (tertiary/aromatic N) is 4. The van der Waals surface area contributed by atoms with E-state index in [1.54, 1.807) is 6.20 Å². The molecule has 0 amide bonds. The number of ether oxygens (including phenoxy) is 1. The summed E-state index contributed by atoms with van der Waals surface area (Å²) < 4.78 is 7.49. The van der Waals surface area contributed by atoms with E-state index in [-0.39, 0.29) is 12.0 Å². The van der Waals surface area contributed by atoms with Crippen LogP contribution in [0.4, 0.5) is 5.95 Å². The number of hydrogen-bond donors (Lipinski definition) is 2. The molecule has 3 aromatic rings. The number of hydrogen-bond acceptors (Lipinski definition) is 6. The molecule has 0 radical (unpaired) electrons. The van der Waals surface area contributed by atoms with Gasteiger partial charge in [0.05, 0.1) is 18.7 Å². The van der Waals surface area contributed by atoms with Crippen molar-refractivity contribution in [1.82, 2.24) is 19.5 Å². The van der Waals surface area contributed by atoms with E-state index in [4.69, 9.17) is 4.74 Å². The Hall–Kier alpha value is -3.16. The molecule has 146 valence electrons. The number of carboxylic acid groups (broad SMARTS) is 1. The van der Waals surface area contributed by atoms with E-state index in [1.165, 1.54) is 0 Å². The number of rotatable bonds is 6. The minimum atomic E-state index is -0.732. The van der Waals surface area contributed by atoms with Crippen molar-refractivity contribution >= 4 is 23.1 Å². The van der Waals surface area contributed by atoms with Crippen LogP contribution in [0.2, 0.25) is 0 Å². The molecule has 2 heterocycles. The Morgan fingerprint density at radius 2 is 2.07 bits per heavy atom. The maximum Gasteiger partial charge on any atom is 0.306 e. The van der Waals surface area contributed by atoms with Crippen molar-refractivity contribution in [3.63, 3.8) is 0 Å². The molecule has 1 saturated carbocycles. The molecule has 1 aliphatic rings. The Kier molecular flexibility index (Phi) is 4.85. The monoisotopic (exact) mass is 381 g/mol. The average molecular weight is 381 g/mol. The molecule has 2 aromatic heterocycles. The summed E-state index contributed by atoms with van der Waals surface area (Å²) >= 11 is 0. The quantitative estimate of drug-likeness (QED) is 0.676. The second-order valence-electron chi connectivity index (χ2n) is 7.01. The Morgan fingerprint density at radius 3 is 2.75 bits per heavy atom. The van der Waals surface area contributed by atoms with E-state index in [1.807, 2.05) is 42.7 Å². The molecule has 8 nitrogen and oxygen atoms in total. The number of anilines is 1. The summed E-state index contributed by atoms with van der Waals surface area (Å²) in [7, 11) is 0. The predicted molar refractivity (Wildman–Crippen MR) is 105 cm³/mol. The van der Waals surface area contributed by atoms with Crippen molar-refractivity contribution in [3.8, 4) is 11.4 Å². The Bertz CT molecular complexity index is 999. The number of carbonyl (C=O) groups is 1. The average Bonchev–Trinajstić information content (AvgIpc) is 3.26. The normalized spacial score (nSPS) is 19.1. The lowest BCUT2D eigenvalue weighted by Crippen LogP contribution is -2.19. The van der Waals surface area contributed by atoms with E-state index in [0.29, 0.717) is 36.6 Å². The second kappa shape index (κ2) is 7.46. The smallest absolute Gasteiger partial charge is 0.306 e. The number of aliphatic carboxylic acids is 1. The van der Waals surface area contributed by atoms with Gasteiger partial charge in [-0.05, 0) is 57.4 Å². The van der Waals surface area contributed by atoms with Gasteiger partial charge in [-0.2, -0.15) is 4.98 Å². The summed E-state index contributed by atoms with van der Waals surface area (Å²) in [5, 5.41) is 12.5. The SMILES string of the molecule is CCOc1ccc(-n2c(C)nc3cnc(N[C@@H]4CC[C@@H](C(=O)O)C4)nc32)cc1. The zero-order valence-electron chi connectivity index (χ0n) is 15.9. The van der Waals surface area contributed by atoms with Crippen LogP contribution in [0.15, 0.2) is 30.5 Å². The summed E-state index contributed by atoms with van der Waals surface area (Å²) in [5.41, 5.74) is 2.37. The molecule has 0 aliphatic heterocycles. The molecule has 1 aromatic carbocycles. The minimum absolute atomic E-state index is 0.0708. The molecule has 0 saturated heterocycles. The molecule has 8 heteroatoms. The highest BCUT2D eigenvalue weighted by Gasteiger charge is 2.30. The maximum atomic E-state index is 11.2. The first kappa shape index (κ1) is 18.2. The zero-order valence-corrected chi connectivity index (χ0v) is 15.9. The van der Waals surface area contributed by atoms with Gasteiger partial charge in [0.2, 0.25) is 5.95 Å². The van der Waals surface area contributed by atoms with Crippen LogP contribution in [0.1, 0.15) is 32.0 Å². The highest BCUT2D eigenvalue weighted by Crippen LogP contribution is 2.28. The lowest BCUT2D eigenvalue weighted by molar-refractivity contribution is -0.141. The fourth-order valence-corrected chi connectivity index (χ4v) is 3.74. The van der Waals surface area contributed by atoms with Crippen molar-refractivity contribution in [1.29, 1.82) is 0 Å². The van der Waals surface area contributed by atoms with Gasteiger partial charge >= 0.3 is 5.97 Å². The Morgan fingerprint density at radius 1 is 1.29 bits per heavy atom. The van der Waals surface area contributed by atoms with Gasteiger partial charge in [-0.15, -0.1) is 0 Å². The lowest BCUT2D eigenvalue weighted by atomic mass is 10.1. The molecular weight excluding hydrogens is 358 g/mol. The fraction of sp³-hybridized carbons (Fsp3) is 0.400. The summed E-state index contributed by atoms with van der Waals surface area (Å²) in [5.74, 6) is 1.11. The van der Waals surface area contributed by atoms with Crippen LogP contribution in [0.5, 0.6) is 5.75 Å². The number of aryl methyl sites for hydroxylation is 1. The number of nitrogens with one attached hydrogen (secondary N) is 1. The predicted octanol–water partition coefficient (Wildman–Crippen LogP) is 3.19. The first-order chi connectivity index (χ1) is 13.5. The number of benzene rings is 1. The van der Waals surface area contributed by atoms with E-state index in [2.05, 4.69) is 20.3 Å². The third kappa shape index (κ3) is 3.49. The molecule has 0 spiro atoms. The zero-order chi connectivity index (χ0) is 19.7. The molecule has 1 aliphatic carbocycles. The van der Waals surface area contributed by atoms with Gasteiger partial charge in [-0.25, -0.2) is 9.97 Å². The molecule has 0 unspecified atom stereocenters. The van der Waals surface area contributed by atoms with Gasteiger partial charge < -0.3 is 15.2 Å². The first-order valence-corrected chi connectivity index (χ1v) is 9.50. The van der Waals surface area contributed by atoms with E-state index >= 15 is 0 Å². The molecular formula is C20H23N5O3. The van der Waals surface area contributed by atoms with Crippen LogP contribution in [-0.2, 0) is 4.79 Å². The van der Waals surface area contributed by atoms with Crippen molar-refractivity contribution < 1.29 is 14.6 Å². The Labute approximate surface area is 162 Å².